The second-order valence-electron chi connectivity index (χ2n) is 6.68. The van der Waals surface area contributed by atoms with E-state index in [-0.39, 0.29) is 5.41 Å². The zero-order valence-electron chi connectivity index (χ0n) is 15.4. The van der Waals surface area contributed by atoms with Crippen molar-refractivity contribution in [3.05, 3.63) is 53.2 Å². The van der Waals surface area contributed by atoms with Crippen LogP contribution in [0.4, 0.5) is 5.82 Å². The average molecular weight is 351 g/mol. The molecule has 0 spiro atoms. The molecule has 1 fully saturated rings. The third kappa shape index (κ3) is 3.97. The molecule has 2 heterocycles. The topological polar surface area (TPSA) is 67.2 Å². The molecule has 5 heteroatoms. The Kier molecular flexibility index (Phi) is 5.75. The van der Waals surface area contributed by atoms with Crippen LogP contribution in [-0.2, 0) is 10.2 Å². The molecule has 3 rings (SSSR count). The van der Waals surface area contributed by atoms with Gasteiger partial charge in [0.2, 0.25) is 0 Å². The van der Waals surface area contributed by atoms with E-state index < -0.39 is 0 Å². The summed E-state index contributed by atoms with van der Waals surface area (Å²) >= 11 is 0. The second-order valence-corrected chi connectivity index (χ2v) is 6.68. The van der Waals surface area contributed by atoms with Crippen molar-refractivity contribution in [3.63, 3.8) is 0 Å². The van der Waals surface area contributed by atoms with Gasteiger partial charge in [0.05, 0.1) is 6.61 Å². The van der Waals surface area contributed by atoms with Gasteiger partial charge in [-0.1, -0.05) is 18.2 Å². The predicted molar refractivity (Wildman–Crippen MR) is 102 cm³/mol. The van der Waals surface area contributed by atoms with E-state index in [4.69, 9.17) is 9.47 Å². The van der Waals surface area contributed by atoms with Crippen LogP contribution < -0.4 is 10.1 Å². The Morgan fingerprint density at radius 1 is 1.19 bits per heavy atom. The van der Waals surface area contributed by atoms with Crippen molar-refractivity contribution in [1.29, 1.82) is 5.26 Å². The number of anilines is 1. The number of aryl methyl sites for hydroxylation is 1. The van der Waals surface area contributed by atoms with Gasteiger partial charge in [0, 0.05) is 25.2 Å². The number of nitrogens with one attached hydrogen (secondary N) is 1. The van der Waals surface area contributed by atoms with Gasteiger partial charge < -0.3 is 14.8 Å². The van der Waals surface area contributed by atoms with E-state index in [0.717, 1.165) is 49.7 Å². The summed E-state index contributed by atoms with van der Waals surface area (Å²) in [5.41, 5.74) is 2.63. The first-order chi connectivity index (χ1) is 12.7. The lowest BCUT2D eigenvalue weighted by Gasteiger charge is -2.38. The Morgan fingerprint density at radius 3 is 2.58 bits per heavy atom. The van der Waals surface area contributed by atoms with E-state index in [2.05, 4.69) is 28.5 Å². The van der Waals surface area contributed by atoms with Gasteiger partial charge in [-0.05, 0) is 56.0 Å². The van der Waals surface area contributed by atoms with Gasteiger partial charge in [0.15, 0.2) is 0 Å². The van der Waals surface area contributed by atoms with E-state index in [0.29, 0.717) is 12.3 Å². The first-order valence-electron chi connectivity index (χ1n) is 9.09. The summed E-state index contributed by atoms with van der Waals surface area (Å²) in [5.74, 6) is 1.63. The fourth-order valence-electron chi connectivity index (χ4n) is 3.40. The SMILES string of the molecule is CCOc1ccc(C2(CNc3ccc(C)c(C#N)n3)CCOCC2)cc1. The maximum absolute atomic E-state index is 9.19. The minimum absolute atomic E-state index is 0.0115. The van der Waals surface area contributed by atoms with Crippen LogP contribution in [0.15, 0.2) is 36.4 Å². The summed E-state index contributed by atoms with van der Waals surface area (Å²) < 4.78 is 11.2. The molecule has 0 saturated carbocycles. The number of aromatic nitrogens is 1. The molecule has 1 saturated heterocycles. The fraction of sp³-hybridized carbons (Fsp3) is 0.429. The molecule has 136 valence electrons. The summed E-state index contributed by atoms with van der Waals surface area (Å²) in [6, 6.07) is 14.4. The predicted octanol–water partition coefficient (Wildman–Crippen LogP) is 3.82. The van der Waals surface area contributed by atoms with Crippen LogP contribution >= 0.6 is 0 Å². The summed E-state index contributed by atoms with van der Waals surface area (Å²) in [5, 5.41) is 12.6. The Morgan fingerprint density at radius 2 is 1.92 bits per heavy atom. The highest BCUT2D eigenvalue weighted by atomic mass is 16.5. The number of hydrogen-bond donors (Lipinski definition) is 1. The van der Waals surface area contributed by atoms with Crippen molar-refractivity contribution >= 4 is 5.82 Å². The molecule has 1 aliphatic rings. The highest BCUT2D eigenvalue weighted by Crippen LogP contribution is 2.36. The highest BCUT2D eigenvalue weighted by molar-refractivity contribution is 5.44. The quantitative estimate of drug-likeness (QED) is 0.857. The standard InChI is InChI=1S/C21H25N3O2/c1-3-26-18-7-5-17(6-8-18)21(10-12-25-13-11-21)15-23-20-9-4-16(2)19(14-22)24-20/h4-9H,3,10-13,15H2,1-2H3,(H,23,24). The summed E-state index contributed by atoms with van der Waals surface area (Å²) in [6.45, 7) is 6.81. The molecule has 0 amide bonds. The Balaban J connectivity index is 1.80. The molecule has 2 aromatic rings. The van der Waals surface area contributed by atoms with Crippen LogP contribution in [-0.4, -0.2) is 31.3 Å². The third-order valence-electron chi connectivity index (χ3n) is 5.04. The molecule has 1 aromatic heterocycles. The van der Waals surface area contributed by atoms with Gasteiger partial charge in [-0.25, -0.2) is 4.98 Å². The number of hydrogen-bond acceptors (Lipinski definition) is 5. The number of nitrogens with zero attached hydrogens (tertiary/aromatic N) is 2. The summed E-state index contributed by atoms with van der Waals surface area (Å²) in [6.07, 6.45) is 1.90. The van der Waals surface area contributed by atoms with Crippen LogP contribution in [0.3, 0.4) is 0 Å². The smallest absolute Gasteiger partial charge is 0.145 e. The van der Waals surface area contributed by atoms with Crippen LogP contribution in [0, 0.1) is 18.3 Å². The second kappa shape index (κ2) is 8.20. The molecule has 0 atom stereocenters. The Hall–Kier alpha value is -2.58. The number of ether oxygens (including phenoxy) is 2. The van der Waals surface area contributed by atoms with Crippen molar-refractivity contribution in [3.8, 4) is 11.8 Å². The van der Waals surface area contributed by atoms with Crippen LogP contribution in [0.1, 0.15) is 36.6 Å². The molecule has 0 aliphatic carbocycles. The van der Waals surface area contributed by atoms with E-state index in [1.54, 1.807) is 0 Å². The monoisotopic (exact) mass is 351 g/mol. The zero-order valence-corrected chi connectivity index (χ0v) is 15.4. The van der Waals surface area contributed by atoms with E-state index >= 15 is 0 Å². The van der Waals surface area contributed by atoms with Gasteiger partial charge in [-0.3, -0.25) is 0 Å². The molecule has 1 aliphatic heterocycles. The first kappa shape index (κ1) is 18.2. The number of benzene rings is 1. The molecule has 0 radical (unpaired) electrons. The molecule has 1 aromatic carbocycles. The first-order valence-corrected chi connectivity index (χ1v) is 9.09. The molecular weight excluding hydrogens is 326 g/mol. The number of nitriles is 1. The third-order valence-corrected chi connectivity index (χ3v) is 5.04. The van der Waals surface area contributed by atoms with Gasteiger partial charge in [0.25, 0.3) is 0 Å². The van der Waals surface area contributed by atoms with Crippen molar-refractivity contribution in [1.82, 2.24) is 4.98 Å². The highest BCUT2D eigenvalue weighted by Gasteiger charge is 2.34. The van der Waals surface area contributed by atoms with Crippen molar-refractivity contribution in [2.45, 2.75) is 32.1 Å². The van der Waals surface area contributed by atoms with Crippen LogP contribution in [0.2, 0.25) is 0 Å². The number of rotatable bonds is 6. The lowest BCUT2D eigenvalue weighted by Crippen LogP contribution is -2.40. The van der Waals surface area contributed by atoms with Crippen LogP contribution in [0.25, 0.3) is 0 Å². The minimum Gasteiger partial charge on any atom is -0.494 e. The maximum Gasteiger partial charge on any atom is 0.145 e. The van der Waals surface area contributed by atoms with E-state index in [1.807, 2.05) is 38.1 Å². The van der Waals surface area contributed by atoms with Gasteiger partial charge in [0.1, 0.15) is 23.3 Å². The zero-order chi connectivity index (χ0) is 18.4. The molecule has 0 unspecified atom stereocenters. The van der Waals surface area contributed by atoms with Crippen molar-refractivity contribution in [2.24, 2.45) is 0 Å². The lowest BCUT2D eigenvalue weighted by molar-refractivity contribution is 0.0543. The Bertz CT molecular complexity index is 775. The van der Waals surface area contributed by atoms with Gasteiger partial charge in [-0.15, -0.1) is 0 Å². The molecule has 5 nitrogen and oxygen atoms in total. The summed E-state index contributed by atoms with van der Waals surface area (Å²) in [4.78, 5) is 4.41. The van der Waals surface area contributed by atoms with E-state index in [9.17, 15) is 5.26 Å². The Labute approximate surface area is 155 Å². The maximum atomic E-state index is 9.19. The van der Waals surface area contributed by atoms with Gasteiger partial charge in [-0.2, -0.15) is 5.26 Å². The largest absolute Gasteiger partial charge is 0.494 e. The number of pyridine rings is 1. The molecular formula is C21H25N3O2. The van der Waals surface area contributed by atoms with Crippen LogP contribution in [0.5, 0.6) is 5.75 Å². The normalized spacial score (nSPS) is 15.9. The fourth-order valence-corrected chi connectivity index (χ4v) is 3.40. The molecule has 26 heavy (non-hydrogen) atoms. The summed E-state index contributed by atoms with van der Waals surface area (Å²) in [7, 11) is 0. The van der Waals surface area contributed by atoms with Gasteiger partial charge >= 0.3 is 0 Å². The minimum atomic E-state index is -0.0115. The molecule has 0 bridgehead atoms. The lowest BCUT2D eigenvalue weighted by atomic mass is 9.74. The van der Waals surface area contributed by atoms with Crippen molar-refractivity contribution in [2.75, 3.05) is 31.7 Å². The van der Waals surface area contributed by atoms with E-state index in [1.165, 1.54) is 5.56 Å². The van der Waals surface area contributed by atoms with Crippen molar-refractivity contribution < 1.29 is 9.47 Å². The molecule has 1 N–H and O–H groups in total. The average Bonchev–Trinajstić information content (AvgIpc) is 2.69.